The number of pyridine rings is 1. The van der Waals surface area contributed by atoms with E-state index in [0.29, 0.717) is 24.6 Å². The molecule has 2 aromatic rings. The van der Waals surface area contributed by atoms with Gasteiger partial charge in [-0.25, -0.2) is 9.97 Å². The Morgan fingerprint density at radius 2 is 2.30 bits per heavy atom. The SMILES string of the molecule is CCOC1CCN(C(=O)c2nc3ncccc3[nH]2)CC1. The summed E-state index contributed by atoms with van der Waals surface area (Å²) in [6.07, 6.45) is 3.72. The van der Waals surface area contributed by atoms with Crippen molar-refractivity contribution in [3.05, 3.63) is 24.2 Å². The number of amides is 1. The molecule has 1 aliphatic rings. The molecule has 0 bridgehead atoms. The highest BCUT2D eigenvalue weighted by Gasteiger charge is 2.25. The quantitative estimate of drug-likeness (QED) is 0.922. The van der Waals surface area contributed by atoms with Gasteiger partial charge in [-0.05, 0) is 31.9 Å². The Morgan fingerprint density at radius 3 is 3.00 bits per heavy atom. The normalized spacial score (nSPS) is 16.8. The van der Waals surface area contributed by atoms with E-state index in [9.17, 15) is 4.79 Å². The standard InChI is InChI=1S/C14H18N4O2/c1-2-20-10-5-8-18(9-6-10)14(19)13-16-11-4-3-7-15-12(11)17-13/h3-4,7,10H,2,5-6,8-9H2,1H3,(H,15,16,17). The van der Waals surface area contributed by atoms with E-state index in [4.69, 9.17) is 4.74 Å². The van der Waals surface area contributed by atoms with Crippen LogP contribution in [0.15, 0.2) is 18.3 Å². The molecular weight excluding hydrogens is 256 g/mol. The molecule has 20 heavy (non-hydrogen) atoms. The lowest BCUT2D eigenvalue weighted by atomic mass is 10.1. The molecule has 2 aromatic heterocycles. The summed E-state index contributed by atoms with van der Waals surface area (Å²) >= 11 is 0. The molecule has 1 saturated heterocycles. The molecule has 1 amide bonds. The van der Waals surface area contributed by atoms with Gasteiger partial charge in [0.05, 0.1) is 11.6 Å². The van der Waals surface area contributed by atoms with Gasteiger partial charge in [0.25, 0.3) is 5.91 Å². The van der Waals surface area contributed by atoms with Crippen molar-refractivity contribution in [2.24, 2.45) is 0 Å². The van der Waals surface area contributed by atoms with Gasteiger partial charge in [-0.3, -0.25) is 4.79 Å². The topological polar surface area (TPSA) is 71.1 Å². The Kier molecular flexibility index (Phi) is 3.64. The molecule has 6 heteroatoms. The van der Waals surface area contributed by atoms with Crippen molar-refractivity contribution in [1.29, 1.82) is 0 Å². The molecule has 106 valence electrons. The van der Waals surface area contributed by atoms with E-state index in [1.54, 1.807) is 6.20 Å². The van der Waals surface area contributed by atoms with E-state index < -0.39 is 0 Å². The predicted molar refractivity (Wildman–Crippen MR) is 74.4 cm³/mol. The van der Waals surface area contributed by atoms with Crippen molar-refractivity contribution in [3.8, 4) is 0 Å². The fraction of sp³-hybridized carbons (Fsp3) is 0.500. The predicted octanol–water partition coefficient (Wildman–Crippen LogP) is 1.60. The summed E-state index contributed by atoms with van der Waals surface area (Å²) in [5, 5.41) is 0. The molecule has 0 aromatic carbocycles. The van der Waals surface area contributed by atoms with E-state index >= 15 is 0 Å². The van der Waals surface area contributed by atoms with Crippen LogP contribution in [0.1, 0.15) is 30.4 Å². The molecule has 1 aliphatic heterocycles. The largest absolute Gasteiger partial charge is 0.378 e. The Labute approximate surface area is 117 Å². The zero-order chi connectivity index (χ0) is 13.9. The fourth-order valence-corrected chi connectivity index (χ4v) is 2.56. The summed E-state index contributed by atoms with van der Waals surface area (Å²) in [4.78, 5) is 25.6. The summed E-state index contributed by atoms with van der Waals surface area (Å²) < 4.78 is 5.59. The number of imidazole rings is 1. The lowest BCUT2D eigenvalue weighted by Crippen LogP contribution is -2.41. The molecule has 6 nitrogen and oxygen atoms in total. The van der Waals surface area contributed by atoms with Crippen molar-refractivity contribution < 1.29 is 9.53 Å². The molecule has 0 unspecified atom stereocenters. The Morgan fingerprint density at radius 1 is 1.50 bits per heavy atom. The van der Waals surface area contributed by atoms with Crippen molar-refractivity contribution >= 4 is 17.1 Å². The van der Waals surface area contributed by atoms with Crippen LogP contribution in [0.25, 0.3) is 11.2 Å². The van der Waals surface area contributed by atoms with Gasteiger partial charge in [-0.15, -0.1) is 0 Å². The lowest BCUT2D eigenvalue weighted by molar-refractivity contribution is 0.0142. The van der Waals surface area contributed by atoms with Gasteiger partial charge in [-0.1, -0.05) is 0 Å². The Balaban J connectivity index is 1.70. The molecule has 0 saturated carbocycles. The molecular formula is C14H18N4O2. The molecule has 3 rings (SSSR count). The maximum absolute atomic E-state index is 12.4. The van der Waals surface area contributed by atoms with Crippen molar-refractivity contribution in [1.82, 2.24) is 19.9 Å². The lowest BCUT2D eigenvalue weighted by Gasteiger charge is -2.31. The average molecular weight is 274 g/mol. The summed E-state index contributed by atoms with van der Waals surface area (Å²) in [6.45, 7) is 4.16. The van der Waals surface area contributed by atoms with E-state index in [1.807, 2.05) is 24.0 Å². The summed E-state index contributed by atoms with van der Waals surface area (Å²) in [5.74, 6) is 0.312. The molecule has 0 atom stereocenters. The number of nitrogens with zero attached hydrogens (tertiary/aromatic N) is 3. The van der Waals surface area contributed by atoms with Crippen LogP contribution in [0, 0.1) is 0 Å². The Hall–Kier alpha value is -1.95. The summed E-state index contributed by atoms with van der Waals surface area (Å²) in [5.41, 5.74) is 1.38. The minimum absolute atomic E-state index is 0.0575. The van der Waals surface area contributed by atoms with Gasteiger partial charge in [-0.2, -0.15) is 0 Å². The minimum atomic E-state index is -0.0575. The van der Waals surface area contributed by atoms with Crippen molar-refractivity contribution in [3.63, 3.8) is 0 Å². The first-order chi connectivity index (χ1) is 9.78. The Bertz CT molecular complexity index is 569. The molecule has 1 N–H and O–H groups in total. The number of carbonyl (C=O) groups excluding carboxylic acids is 1. The van der Waals surface area contributed by atoms with E-state index in [-0.39, 0.29) is 12.0 Å². The third-order valence-corrected chi connectivity index (χ3v) is 3.59. The average Bonchev–Trinajstić information content (AvgIpc) is 2.91. The number of rotatable bonds is 3. The fourth-order valence-electron chi connectivity index (χ4n) is 2.56. The zero-order valence-electron chi connectivity index (χ0n) is 11.5. The number of carbonyl (C=O) groups is 1. The number of nitrogens with one attached hydrogen (secondary N) is 1. The maximum atomic E-state index is 12.4. The van der Waals surface area contributed by atoms with Gasteiger partial charge < -0.3 is 14.6 Å². The maximum Gasteiger partial charge on any atom is 0.289 e. The van der Waals surface area contributed by atoms with Crippen LogP contribution in [-0.2, 0) is 4.74 Å². The molecule has 0 spiro atoms. The number of hydrogen-bond donors (Lipinski definition) is 1. The third kappa shape index (κ3) is 2.51. The number of H-pyrrole nitrogens is 1. The number of aromatic nitrogens is 3. The van der Waals surface area contributed by atoms with Crippen LogP contribution in [0.2, 0.25) is 0 Å². The van der Waals surface area contributed by atoms with Gasteiger partial charge in [0.2, 0.25) is 0 Å². The number of fused-ring (bicyclic) bond motifs is 1. The van der Waals surface area contributed by atoms with Crippen molar-refractivity contribution in [2.75, 3.05) is 19.7 Å². The van der Waals surface area contributed by atoms with Gasteiger partial charge in [0.15, 0.2) is 11.5 Å². The molecule has 3 heterocycles. The van der Waals surface area contributed by atoms with E-state index in [0.717, 1.165) is 25.0 Å². The second-order valence-electron chi connectivity index (χ2n) is 4.91. The number of hydrogen-bond acceptors (Lipinski definition) is 4. The molecule has 0 aliphatic carbocycles. The second kappa shape index (κ2) is 5.58. The second-order valence-corrected chi connectivity index (χ2v) is 4.91. The molecule has 1 fully saturated rings. The summed E-state index contributed by atoms with van der Waals surface area (Å²) in [7, 11) is 0. The zero-order valence-corrected chi connectivity index (χ0v) is 11.5. The highest BCUT2D eigenvalue weighted by molar-refractivity contribution is 5.93. The first-order valence-electron chi connectivity index (χ1n) is 6.99. The first-order valence-corrected chi connectivity index (χ1v) is 6.99. The van der Waals surface area contributed by atoms with E-state index in [2.05, 4.69) is 15.0 Å². The van der Waals surface area contributed by atoms with Crippen LogP contribution in [0.5, 0.6) is 0 Å². The monoisotopic (exact) mass is 274 g/mol. The smallest absolute Gasteiger partial charge is 0.289 e. The summed E-state index contributed by atoms with van der Waals surface area (Å²) in [6, 6.07) is 3.69. The number of aromatic amines is 1. The highest BCUT2D eigenvalue weighted by atomic mass is 16.5. The van der Waals surface area contributed by atoms with Crippen LogP contribution < -0.4 is 0 Å². The van der Waals surface area contributed by atoms with Crippen LogP contribution in [-0.4, -0.2) is 51.6 Å². The van der Waals surface area contributed by atoms with Crippen LogP contribution in [0.4, 0.5) is 0 Å². The van der Waals surface area contributed by atoms with Gasteiger partial charge in [0.1, 0.15) is 0 Å². The van der Waals surface area contributed by atoms with Crippen LogP contribution >= 0.6 is 0 Å². The first kappa shape index (κ1) is 13.1. The van der Waals surface area contributed by atoms with Crippen molar-refractivity contribution in [2.45, 2.75) is 25.9 Å². The van der Waals surface area contributed by atoms with Gasteiger partial charge in [0, 0.05) is 25.9 Å². The number of ether oxygens (including phenoxy) is 1. The number of piperidine rings is 1. The minimum Gasteiger partial charge on any atom is -0.378 e. The number of likely N-dealkylation sites (tertiary alicyclic amines) is 1. The molecule has 0 radical (unpaired) electrons. The van der Waals surface area contributed by atoms with Crippen LogP contribution in [0.3, 0.4) is 0 Å². The van der Waals surface area contributed by atoms with Gasteiger partial charge >= 0.3 is 0 Å². The van der Waals surface area contributed by atoms with E-state index in [1.165, 1.54) is 0 Å². The highest BCUT2D eigenvalue weighted by Crippen LogP contribution is 2.16. The third-order valence-electron chi connectivity index (χ3n) is 3.59.